The van der Waals surface area contributed by atoms with Crippen LogP contribution >= 0.6 is 0 Å². The Morgan fingerprint density at radius 2 is 2.08 bits per heavy atom. The lowest BCUT2D eigenvalue weighted by Crippen LogP contribution is -2.31. The highest BCUT2D eigenvalue weighted by Gasteiger charge is 2.16. The Hall–Kier alpha value is -0.0151. The Balaban J connectivity index is 2.09. The minimum Gasteiger partial charge on any atom is -0.393 e. The second-order valence-corrected chi connectivity index (χ2v) is 4.17. The van der Waals surface area contributed by atoms with E-state index in [2.05, 4.69) is 12.8 Å². The van der Waals surface area contributed by atoms with Crippen LogP contribution < -0.4 is 0 Å². The topological polar surface area (TPSA) is 23.5 Å². The van der Waals surface area contributed by atoms with Crippen LogP contribution in [0.3, 0.4) is 0 Å². The first-order valence-electron chi connectivity index (χ1n) is 5.05. The van der Waals surface area contributed by atoms with E-state index < -0.39 is 0 Å². The van der Waals surface area contributed by atoms with E-state index in [-0.39, 0.29) is 6.10 Å². The maximum absolute atomic E-state index is 9.12. The molecule has 2 nitrogen and oxygen atoms in total. The third kappa shape index (κ3) is 3.59. The molecule has 0 saturated carbocycles. The van der Waals surface area contributed by atoms with Gasteiger partial charge >= 0.3 is 0 Å². The van der Waals surface area contributed by atoms with Gasteiger partial charge in [-0.1, -0.05) is 0 Å². The fourth-order valence-electron chi connectivity index (χ4n) is 1.83. The predicted molar refractivity (Wildman–Crippen MR) is 53.8 cm³/mol. The maximum Gasteiger partial charge on any atom is 0.185 e. The molecule has 1 saturated heterocycles. The van der Waals surface area contributed by atoms with E-state index in [1.54, 1.807) is 0 Å². The number of aliphatic hydroxyl groups is 1. The zero-order valence-corrected chi connectivity index (χ0v) is 8.29. The molecule has 1 rings (SSSR count). The Kier molecular flexibility index (Phi) is 4.09. The minimum absolute atomic E-state index is 0.107. The average molecular weight is 169 g/mol. The molecule has 0 radical (unpaired) electrons. The van der Waals surface area contributed by atoms with Crippen LogP contribution in [0.25, 0.3) is 0 Å². The van der Waals surface area contributed by atoms with Crippen molar-refractivity contribution in [1.82, 2.24) is 4.81 Å². The van der Waals surface area contributed by atoms with E-state index >= 15 is 0 Å². The van der Waals surface area contributed by atoms with Crippen molar-refractivity contribution in [3.8, 4) is 0 Å². The summed E-state index contributed by atoms with van der Waals surface area (Å²) in [6.45, 7) is 4.36. The molecule has 1 unspecified atom stereocenters. The van der Waals surface area contributed by atoms with Crippen LogP contribution in [0.1, 0.15) is 32.6 Å². The van der Waals surface area contributed by atoms with E-state index in [1.165, 1.54) is 32.4 Å². The lowest BCUT2D eigenvalue weighted by Gasteiger charge is -2.29. The molecule has 1 fully saturated rings. The summed E-state index contributed by atoms with van der Waals surface area (Å²) in [5.41, 5.74) is 0. The molecule has 1 N–H and O–H groups in total. The maximum atomic E-state index is 9.12. The molecule has 0 bridgehead atoms. The van der Waals surface area contributed by atoms with Gasteiger partial charge in [-0.15, -0.1) is 0 Å². The highest BCUT2D eigenvalue weighted by atomic mass is 16.3. The number of rotatable bonds is 3. The van der Waals surface area contributed by atoms with Crippen molar-refractivity contribution in [3.63, 3.8) is 0 Å². The summed E-state index contributed by atoms with van der Waals surface area (Å²) in [6, 6.07) is 0. The summed E-state index contributed by atoms with van der Waals surface area (Å²) in [5, 5.41) is 9.12. The highest BCUT2D eigenvalue weighted by molar-refractivity contribution is 6.04. The molecule has 70 valence electrons. The standard InChI is InChI=1S/C9H20BNO/c1-8(12)2-3-9-4-6-11(10)7-5-9/h8-9,12H,2-7,10H2,1H3. The molecule has 3 heteroatoms. The third-order valence-corrected chi connectivity index (χ3v) is 2.83. The molecule has 1 aliphatic rings. The van der Waals surface area contributed by atoms with Crippen LogP contribution in [0.2, 0.25) is 0 Å². The summed E-state index contributed by atoms with van der Waals surface area (Å²) < 4.78 is 0. The largest absolute Gasteiger partial charge is 0.393 e. The Morgan fingerprint density at radius 3 is 2.58 bits per heavy atom. The van der Waals surface area contributed by atoms with Crippen LogP contribution in [0.4, 0.5) is 0 Å². The molecule has 0 aromatic carbocycles. The lowest BCUT2D eigenvalue weighted by atomic mass is 9.90. The number of piperidine rings is 1. The predicted octanol–water partition coefficient (Wildman–Crippen LogP) is 0.408. The average Bonchev–Trinajstić information content (AvgIpc) is 2.03. The Labute approximate surface area is 76.4 Å². The van der Waals surface area contributed by atoms with E-state index in [0.29, 0.717) is 0 Å². The summed E-state index contributed by atoms with van der Waals surface area (Å²) in [6.07, 6.45) is 4.73. The van der Waals surface area contributed by atoms with Gasteiger partial charge in [0.05, 0.1) is 6.10 Å². The van der Waals surface area contributed by atoms with Gasteiger partial charge in [0.2, 0.25) is 0 Å². The Morgan fingerprint density at radius 1 is 1.50 bits per heavy atom. The molecule has 0 amide bonds. The monoisotopic (exact) mass is 169 g/mol. The van der Waals surface area contributed by atoms with Gasteiger partial charge in [-0.05, 0) is 51.6 Å². The van der Waals surface area contributed by atoms with E-state index in [0.717, 1.165) is 12.3 Å². The fraction of sp³-hybridized carbons (Fsp3) is 1.00. The van der Waals surface area contributed by atoms with Gasteiger partial charge in [-0.2, -0.15) is 0 Å². The van der Waals surface area contributed by atoms with Crippen molar-refractivity contribution in [2.45, 2.75) is 38.7 Å². The number of aliphatic hydroxyl groups excluding tert-OH is 1. The van der Waals surface area contributed by atoms with Crippen molar-refractivity contribution >= 4 is 7.98 Å². The second-order valence-electron chi connectivity index (χ2n) is 4.17. The third-order valence-electron chi connectivity index (χ3n) is 2.83. The summed E-state index contributed by atoms with van der Waals surface area (Å²) in [7, 11) is 2.19. The van der Waals surface area contributed by atoms with Gasteiger partial charge in [-0.3, -0.25) is 0 Å². The van der Waals surface area contributed by atoms with Gasteiger partial charge in [0.1, 0.15) is 0 Å². The summed E-state index contributed by atoms with van der Waals surface area (Å²) in [4.78, 5) is 2.39. The summed E-state index contributed by atoms with van der Waals surface area (Å²) in [5.74, 6) is 0.871. The zero-order valence-electron chi connectivity index (χ0n) is 8.29. The number of hydrogen-bond acceptors (Lipinski definition) is 2. The normalized spacial score (nSPS) is 24.2. The molecule has 0 aliphatic carbocycles. The summed E-state index contributed by atoms with van der Waals surface area (Å²) >= 11 is 0. The van der Waals surface area contributed by atoms with Crippen LogP contribution in [-0.4, -0.2) is 37.1 Å². The van der Waals surface area contributed by atoms with E-state index in [4.69, 9.17) is 5.11 Å². The minimum atomic E-state index is -0.107. The number of nitrogens with zero attached hydrogens (tertiary/aromatic N) is 1. The van der Waals surface area contributed by atoms with Gasteiger partial charge in [0.15, 0.2) is 7.98 Å². The molecular weight excluding hydrogens is 149 g/mol. The first kappa shape index (κ1) is 10.1. The first-order valence-corrected chi connectivity index (χ1v) is 5.05. The SMILES string of the molecule is BN1CCC(CCC(C)O)CC1. The van der Waals surface area contributed by atoms with Crippen LogP contribution in [0.15, 0.2) is 0 Å². The second kappa shape index (κ2) is 4.88. The van der Waals surface area contributed by atoms with Crippen molar-refractivity contribution in [2.24, 2.45) is 5.92 Å². The molecule has 0 aromatic rings. The Bertz CT molecular complexity index is 122. The van der Waals surface area contributed by atoms with Crippen LogP contribution in [0, 0.1) is 5.92 Å². The quantitative estimate of drug-likeness (QED) is 0.618. The fourth-order valence-corrected chi connectivity index (χ4v) is 1.83. The first-order chi connectivity index (χ1) is 5.68. The van der Waals surface area contributed by atoms with Gasteiger partial charge < -0.3 is 9.92 Å². The molecule has 0 aromatic heterocycles. The van der Waals surface area contributed by atoms with Gasteiger partial charge in [0.25, 0.3) is 0 Å². The molecule has 1 atom stereocenters. The van der Waals surface area contributed by atoms with Crippen molar-refractivity contribution in [1.29, 1.82) is 0 Å². The van der Waals surface area contributed by atoms with Crippen molar-refractivity contribution in [2.75, 3.05) is 13.1 Å². The smallest absolute Gasteiger partial charge is 0.185 e. The van der Waals surface area contributed by atoms with Gasteiger partial charge in [-0.25, -0.2) is 0 Å². The van der Waals surface area contributed by atoms with Crippen LogP contribution in [0.5, 0.6) is 0 Å². The lowest BCUT2D eigenvalue weighted by molar-refractivity contribution is 0.163. The number of hydrogen-bond donors (Lipinski definition) is 1. The molecule has 1 aliphatic heterocycles. The highest BCUT2D eigenvalue weighted by Crippen LogP contribution is 2.21. The van der Waals surface area contributed by atoms with Gasteiger partial charge in [0, 0.05) is 0 Å². The molecular formula is C9H20BNO. The van der Waals surface area contributed by atoms with Crippen LogP contribution in [-0.2, 0) is 0 Å². The van der Waals surface area contributed by atoms with E-state index in [9.17, 15) is 0 Å². The van der Waals surface area contributed by atoms with Crippen molar-refractivity contribution < 1.29 is 5.11 Å². The van der Waals surface area contributed by atoms with E-state index in [1.807, 2.05) is 6.92 Å². The zero-order chi connectivity index (χ0) is 8.97. The molecule has 12 heavy (non-hydrogen) atoms. The molecule has 1 heterocycles. The molecule has 0 spiro atoms. The van der Waals surface area contributed by atoms with Crippen molar-refractivity contribution in [3.05, 3.63) is 0 Å².